The Morgan fingerprint density at radius 3 is 2.09 bits per heavy atom. The van der Waals surface area contributed by atoms with Crippen molar-refractivity contribution >= 4 is 22.8 Å². The van der Waals surface area contributed by atoms with Crippen molar-refractivity contribution in [1.29, 1.82) is 0 Å². The van der Waals surface area contributed by atoms with E-state index in [9.17, 15) is 9.59 Å². The minimum atomic E-state index is -0.869. The summed E-state index contributed by atoms with van der Waals surface area (Å²) in [6.07, 6.45) is 3.10. The van der Waals surface area contributed by atoms with Crippen LogP contribution in [-0.4, -0.2) is 29.1 Å². The predicted molar refractivity (Wildman–Crippen MR) is 41.3 cm³/mol. The maximum absolute atomic E-state index is 10.9. The van der Waals surface area contributed by atoms with Gasteiger partial charge >= 0.3 is 11.1 Å². The van der Waals surface area contributed by atoms with Gasteiger partial charge in [-0.15, -0.1) is 0 Å². The number of halogens is 1. The lowest BCUT2D eigenvalue weighted by Crippen LogP contribution is -2.38. The van der Waals surface area contributed by atoms with E-state index in [1.54, 1.807) is 0 Å². The normalized spacial score (nSPS) is 18.1. The van der Waals surface area contributed by atoms with E-state index in [0.717, 1.165) is 19.3 Å². The summed E-state index contributed by atoms with van der Waals surface area (Å²) in [5.74, 6) is -0.550. The average Bonchev–Trinajstić information content (AvgIpc) is 2.05. The highest BCUT2D eigenvalue weighted by Crippen LogP contribution is 2.09. The summed E-state index contributed by atoms with van der Waals surface area (Å²) >= 11 is 5.03. The molecule has 1 heterocycles. The molecule has 0 aromatic heterocycles. The van der Waals surface area contributed by atoms with Crippen LogP contribution in [0.25, 0.3) is 0 Å². The smallest absolute Gasteiger partial charge is 0.310 e. The highest BCUT2D eigenvalue weighted by molar-refractivity contribution is 6.80. The van der Waals surface area contributed by atoms with E-state index in [-0.39, 0.29) is 0 Å². The molecule has 0 atom stereocenters. The fraction of sp³-hybridized carbons (Fsp3) is 0.714. The lowest BCUT2D eigenvalue weighted by Gasteiger charge is -2.24. The molecule has 0 saturated carbocycles. The fourth-order valence-corrected chi connectivity index (χ4v) is 1.34. The maximum atomic E-state index is 10.9. The summed E-state index contributed by atoms with van der Waals surface area (Å²) < 4.78 is 0. The van der Waals surface area contributed by atoms with Crippen molar-refractivity contribution in [3.05, 3.63) is 0 Å². The number of carbonyl (C=O) groups is 2. The monoisotopic (exact) mass is 175 g/mol. The molecule has 11 heavy (non-hydrogen) atoms. The molecule has 0 aromatic carbocycles. The Balaban J connectivity index is 2.45. The highest BCUT2D eigenvalue weighted by Gasteiger charge is 2.20. The molecule has 1 saturated heterocycles. The van der Waals surface area contributed by atoms with Gasteiger partial charge in [0, 0.05) is 13.1 Å². The molecule has 1 rings (SSSR count). The molecule has 62 valence electrons. The van der Waals surface area contributed by atoms with Crippen molar-refractivity contribution in [1.82, 2.24) is 4.90 Å². The second-order valence-electron chi connectivity index (χ2n) is 2.63. The summed E-state index contributed by atoms with van der Waals surface area (Å²) in [5.41, 5.74) is 0. The van der Waals surface area contributed by atoms with E-state index in [0.29, 0.717) is 13.1 Å². The van der Waals surface area contributed by atoms with Gasteiger partial charge in [0.15, 0.2) is 0 Å². The van der Waals surface area contributed by atoms with E-state index >= 15 is 0 Å². The molecule has 0 spiro atoms. The first-order valence-corrected chi connectivity index (χ1v) is 4.08. The van der Waals surface area contributed by atoms with Crippen LogP contribution in [0.2, 0.25) is 0 Å². The lowest BCUT2D eigenvalue weighted by atomic mass is 10.1. The van der Waals surface area contributed by atoms with E-state index in [1.165, 1.54) is 4.90 Å². The third kappa shape index (κ3) is 2.19. The van der Waals surface area contributed by atoms with Gasteiger partial charge in [-0.05, 0) is 30.9 Å². The number of hydrogen-bond acceptors (Lipinski definition) is 2. The van der Waals surface area contributed by atoms with Crippen LogP contribution in [0.1, 0.15) is 19.3 Å². The summed E-state index contributed by atoms with van der Waals surface area (Å²) in [4.78, 5) is 22.9. The zero-order chi connectivity index (χ0) is 8.27. The Bertz CT molecular complexity index is 175. The molecule has 1 amide bonds. The van der Waals surface area contributed by atoms with Crippen molar-refractivity contribution in [2.75, 3.05) is 13.1 Å². The van der Waals surface area contributed by atoms with E-state index in [4.69, 9.17) is 11.6 Å². The number of carbonyl (C=O) groups excluding carboxylic acids is 2. The quantitative estimate of drug-likeness (QED) is 0.436. The Kier molecular flexibility index (Phi) is 2.88. The second-order valence-corrected chi connectivity index (χ2v) is 2.97. The molecule has 3 nitrogen and oxygen atoms in total. The summed E-state index contributed by atoms with van der Waals surface area (Å²) in [6, 6.07) is 0. The van der Waals surface area contributed by atoms with Crippen molar-refractivity contribution in [2.24, 2.45) is 0 Å². The number of likely N-dealkylation sites (tertiary alicyclic amines) is 1. The molecule has 1 aliphatic rings. The van der Waals surface area contributed by atoms with Gasteiger partial charge < -0.3 is 4.90 Å². The topological polar surface area (TPSA) is 37.4 Å². The van der Waals surface area contributed by atoms with Gasteiger partial charge in [-0.2, -0.15) is 0 Å². The van der Waals surface area contributed by atoms with Crippen molar-refractivity contribution in [2.45, 2.75) is 19.3 Å². The van der Waals surface area contributed by atoms with E-state index in [2.05, 4.69) is 0 Å². The predicted octanol–water partition coefficient (Wildman–Crippen LogP) is 0.764. The maximum Gasteiger partial charge on any atom is 0.310 e. The van der Waals surface area contributed by atoms with Crippen LogP contribution in [0.15, 0.2) is 0 Å². The van der Waals surface area contributed by atoms with Crippen molar-refractivity contribution in [3.63, 3.8) is 0 Å². The minimum absolute atomic E-state index is 0.550. The Labute approximate surface area is 70.3 Å². The van der Waals surface area contributed by atoms with Gasteiger partial charge in [0.2, 0.25) is 0 Å². The van der Waals surface area contributed by atoms with Gasteiger partial charge in [-0.3, -0.25) is 9.59 Å². The Morgan fingerprint density at radius 1 is 1.09 bits per heavy atom. The minimum Gasteiger partial charge on any atom is -0.335 e. The first-order chi connectivity index (χ1) is 5.22. The molecule has 0 aliphatic carbocycles. The third-order valence-electron chi connectivity index (χ3n) is 1.81. The first kappa shape index (κ1) is 8.53. The number of nitrogens with zero attached hydrogens (tertiary/aromatic N) is 1. The molecule has 1 fully saturated rings. The standard InChI is InChI=1S/C7H10ClNO2/c8-6(10)7(11)9-4-2-1-3-5-9/h1-5H2. The molecular weight excluding hydrogens is 166 g/mol. The van der Waals surface area contributed by atoms with Crippen molar-refractivity contribution < 1.29 is 9.59 Å². The molecule has 0 N–H and O–H groups in total. The third-order valence-corrected chi connectivity index (χ3v) is 1.97. The zero-order valence-electron chi connectivity index (χ0n) is 6.18. The van der Waals surface area contributed by atoms with Gasteiger partial charge in [-0.25, -0.2) is 0 Å². The van der Waals surface area contributed by atoms with Crippen LogP contribution in [0.5, 0.6) is 0 Å². The molecule has 0 bridgehead atoms. The van der Waals surface area contributed by atoms with E-state index in [1.807, 2.05) is 0 Å². The lowest BCUT2D eigenvalue weighted by molar-refractivity contribution is -0.141. The Hall–Kier alpha value is -0.570. The molecule has 0 unspecified atom stereocenters. The van der Waals surface area contributed by atoms with Gasteiger partial charge in [0.1, 0.15) is 0 Å². The summed E-state index contributed by atoms with van der Waals surface area (Å²) in [7, 11) is 0. The number of piperidine rings is 1. The number of amides is 1. The molecule has 1 aliphatic heterocycles. The molecule has 4 heteroatoms. The van der Waals surface area contributed by atoms with Crippen LogP contribution in [0.4, 0.5) is 0 Å². The summed E-state index contributed by atoms with van der Waals surface area (Å²) in [5, 5.41) is -0.869. The van der Waals surface area contributed by atoms with E-state index < -0.39 is 11.1 Å². The highest BCUT2D eigenvalue weighted by atomic mass is 35.5. The fourth-order valence-electron chi connectivity index (χ4n) is 1.22. The van der Waals surface area contributed by atoms with Crippen LogP contribution in [-0.2, 0) is 9.59 Å². The number of rotatable bonds is 1. The largest absolute Gasteiger partial charge is 0.335 e. The average molecular weight is 176 g/mol. The second kappa shape index (κ2) is 3.72. The summed E-state index contributed by atoms with van der Waals surface area (Å²) in [6.45, 7) is 1.36. The van der Waals surface area contributed by atoms with Crippen LogP contribution >= 0.6 is 11.6 Å². The Morgan fingerprint density at radius 2 is 1.64 bits per heavy atom. The SMILES string of the molecule is O=C(Cl)C(=O)N1CCCCC1. The first-order valence-electron chi connectivity index (χ1n) is 3.70. The molecule has 0 aromatic rings. The van der Waals surface area contributed by atoms with Crippen LogP contribution in [0, 0.1) is 0 Å². The van der Waals surface area contributed by atoms with Crippen molar-refractivity contribution in [3.8, 4) is 0 Å². The van der Waals surface area contributed by atoms with Gasteiger partial charge in [0.25, 0.3) is 0 Å². The van der Waals surface area contributed by atoms with Crippen LogP contribution in [0.3, 0.4) is 0 Å². The zero-order valence-corrected chi connectivity index (χ0v) is 6.93. The number of hydrogen-bond donors (Lipinski definition) is 0. The molecular formula is C7H10ClNO2. The van der Waals surface area contributed by atoms with Crippen LogP contribution < -0.4 is 0 Å². The van der Waals surface area contributed by atoms with Gasteiger partial charge in [0.05, 0.1) is 0 Å². The molecule has 0 radical (unpaired) electrons. The van der Waals surface area contributed by atoms with Gasteiger partial charge in [-0.1, -0.05) is 0 Å².